The SMILES string of the molecule is CC(C)C(=O)N1CCN(c2ccccc2NC(=O)c2ccc(-c3ccccc3[N+](=O)[O-])o2)CC1. The van der Waals surface area contributed by atoms with E-state index in [1.165, 1.54) is 12.1 Å². The van der Waals surface area contributed by atoms with Crippen molar-refractivity contribution in [1.82, 2.24) is 4.90 Å². The molecule has 0 spiro atoms. The first kappa shape index (κ1) is 23.0. The summed E-state index contributed by atoms with van der Waals surface area (Å²) in [7, 11) is 0. The Hall–Kier alpha value is -4.14. The molecule has 0 saturated carbocycles. The fourth-order valence-corrected chi connectivity index (χ4v) is 4.02. The van der Waals surface area contributed by atoms with Crippen LogP contribution in [0, 0.1) is 16.0 Å². The summed E-state index contributed by atoms with van der Waals surface area (Å²) in [5, 5.41) is 14.2. The molecule has 9 heteroatoms. The van der Waals surface area contributed by atoms with Crippen molar-refractivity contribution in [2.24, 2.45) is 5.92 Å². The van der Waals surface area contributed by atoms with Gasteiger partial charge in [0.25, 0.3) is 11.6 Å². The topological polar surface area (TPSA) is 109 Å². The third kappa shape index (κ3) is 4.78. The van der Waals surface area contributed by atoms with E-state index in [9.17, 15) is 19.7 Å². The molecule has 1 N–H and O–H groups in total. The zero-order valence-corrected chi connectivity index (χ0v) is 19.1. The lowest BCUT2D eigenvalue weighted by Crippen LogP contribution is -2.50. The average molecular weight is 463 g/mol. The first-order valence-electron chi connectivity index (χ1n) is 11.1. The molecular weight excluding hydrogens is 436 g/mol. The van der Waals surface area contributed by atoms with Gasteiger partial charge in [-0.05, 0) is 30.3 Å². The Labute approximate surface area is 197 Å². The van der Waals surface area contributed by atoms with Gasteiger partial charge in [-0.3, -0.25) is 19.7 Å². The number of carbonyl (C=O) groups excluding carboxylic acids is 2. The van der Waals surface area contributed by atoms with Crippen LogP contribution < -0.4 is 10.2 Å². The van der Waals surface area contributed by atoms with Crippen LogP contribution in [0.15, 0.2) is 65.1 Å². The summed E-state index contributed by atoms with van der Waals surface area (Å²) < 4.78 is 5.67. The number of anilines is 2. The van der Waals surface area contributed by atoms with Gasteiger partial charge in [0.1, 0.15) is 5.76 Å². The first-order chi connectivity index (χ1) is 16.3. The van der Waals surface area contributed by atoms with Crippen molar-refractivity contribution in [2.75, 3.05) is 36.4 Å². The van der Waals surface area contributed by atoms with Crippen LogP contribution in [0.4, 0.5) is 17.1 Å². The summed E-state index contributed by atoms with van der Waals surface area (Å²) in [5.41, 5.74) is 1.70. The molecule has 0 aliphatic carbocycles. The molecule has 1 fully saturated rings. The predicted molar refractivity (Wildman–Crippen MR) is 129 cm³/mol. The van der Waals surface area contributed by atoms with Crippen LogP contribution >= 0.6 is 0 Å². The van der Waals surface area contributed by atoms with Crippen LogP contribution in [0.2, 0.25) is 0 Å². The molecule has 0 bridgehead atoms. The highest BCUT2D eigenvalue weighted by molar-refractivity contribution is 6.04. The first-order valence-corrected chi connectivity index (χ1v) is 11.1. The number of benzene rings is 2. The molecule has 0 radical (unpaired) electrons. The van der Waals surface area contributed by atoms with Gasteiger partial charge >= 0.3 is 0 Å². The highest BCUT2D eigenvalue weighted by atomic mass is 16.6. The van der Waals surface area contributed by atoms with Gasteiger partial charge in [0.05, 0.1) is 21.9 Å². The average Bonchev–Trinajstić information content (AvgIpc) is 3.34. The summed E-state index contributed by atoms with van der Waals surface area (Å²) in [4.78, 5) is 40.0. The minimum atomic E-state index is -0.484. The lowest BCUT2D eigenvalue weighted by atomic mass is 10.1. The van der Waals surface area contributed by atoms with E-state index in [0.717, 1.165) is 5.69 Å². The Morgan fingerprint density at radius 3 is 2.35 bits per heavy atom. The van der Waals surface area contributed by atoms with Gasteiger partial charge < -0.3 is 19.5 Å². The van der Waals surface area contributed by atoms with E-state index in [1.54, 1.807) is 24.3 Å². The molecule has 34 heavy (non-hydrogen) atoms. The van der Waals surface area contributed by atoms with Crippen molar-refractivity contribution in [3.05, 3.63) is 76.5 Å². The maximum atomic E-state index is 12.9. The summed E-state index contributed by atoms with van der Waals surface area (Å²) in [6.07, 6.45) is 0. The van der Waals surface area contributed by atoms with Gasteiger partial charge in [-0.1, -0.05) is 38.1 Å². The standard InChI is InChI=1S/C25H26N4O5/c1-17(2)25(31)28-15-13-27(14-16-28)21-10-6-4-8-19(21)26-24(30)23-12-11-22(34-23)18-7-3-5-9-20(18)29(32)33/h3-12,17H,13-16H2,1-2H3,(H,26,30). The second-order valence-corrected chi connectivity index (χ2v) is 8.38. The molecular formula is C25H26N4O5. The Kier molecular flexibility index (Phi) is 6.62. The van der Waals surface area contributed by atoms with Gasteiger partial charge in [0, 0.05) is 38.2 Å². The molecule has 1 aliphatic rings. The normalized spacial score (nSPS) is 13.7. The van der Waals surface area contributed by atoms with Crippen LogP contribution in [0.25, 0.3) is 11.3 Å². The van der Waals surface area contributed by atoms with Gasteiger partial charge in [0.2, 0.25) is 5.91 Å². The number of nitrogens with one attached hydrogen (secondary N) is 1. The van der Waals surface area contributed by atoms with Crippen molar-refractivity contribution < 1.29 is 18.9 Å². The smallest absolute Gasteiger partial charge is 0.291 e. The highest BCUT2D eigenvalue weighted by Crippen LogP contribution is 2.32. The lowest BCUT2D eigenvalue weighted by Gasteiger charge is -2.37. The Morgan fingerprint density at radius 2 is 1.65 bits per heavy atom. The second kappa shape index (κ2) is 9.78. The van der Waals surface area contributed by atoms with Gasteiger partial charge in [-0.2, -0.15) is 0 Å². The van der Waals surface area contributed by atoms with Gasteiger partial charge in [0.15, 0.2) is 5.76 Å². The highest BCUT2D eigenvalue weighted by Gasteiger charge is 2.25. The summed E-state index contributed by atoms with van der Waals surface area (Å²) in [6.45, 7) is 6.36. The molecule has 0 unspecified atom stereocenters. The minimum Gasteiger partial charge on any atom is -0.451 e. The molecule has 2 heterocycles. The monoisotopic (exact) mass is 462 g/mol. The number of hydrogen-bond donors (Lipinski definition) is 1. The van der Waals surface area contributed by atoms with Crippen LogP contribution in [0.5, 0.6) is 0 Å². The number of para-hydroxylation sites is 3. The number of piperazine rings is 1. The zero-order chi connectivity index (χ0) is 24.2. The molecule has 2 amide bonds. The van der Waals surface area contributed by atoms with Gasteiger partial charge in [-0.15, -0.1) is 0 Å². The molecule has 3 aromatic rings. The van der Waals surface area contributed by atoms with E-state index in [4.69, 9.17) is 4.42 Å². The fraction of sp³-hybridized carbons (Fsp3) is 0.280. The van der Waals surface area contributed by atoms with Crippen LogP contribution in [-0.2, 0) is 4.79 Å². The summed E-state index contributed by atoms with van der Waals surface area (Å²) >= 11 is 0. The molecule has 1 saturated heterocycles. The van der Waals surface area contributed by atoms with E-state index in [1.807, 2.05) is 43.0 Å². The molecule has 1 aromatic heterocycles. The third-order valence-corrected chi connectivity index (χ3v) is 5.77. The molecule has 176 valence electrons. The number of nitro groups is 1. The maximum absolute atomic E-state index is 12.9. The van der Waals surface area contributed by atoms with Crippen molar-refractivity contribution in [3.63, 3.8) is 0 Å². The number of nitrogens with zero attached hydrogens (tertiary/aromatic N) is 3. The van der Waals surface area contributed by atoms with Crippen molar-refractivity contribution in [2.45, 2.75) is 13.8 Å². The minimum absolute atomic E-state index is 0.0337. The third-order valence-electron chi connectivity index (χ3n) is 5.77. The Balaban J connectivity index is 1.49. The molecule has 9 nitrogen and oxygen atoms in total. The maximum Gasteiger partial charge on any atom is 0.291 e. The van der Waals surface area contributed by atoms with Crippen molar-refractivity contribution in [3.8, 4) is 11.3 Å². The van der Waals surface area contributed by atoms with E-state index in [2.05, 4.69) is 10.2 Å². The largest absolute Gasteiger partial charge is 0.451 e. The molecule has 0 atom stereocenters. The van der Waals surface area contributed by atoms with Crippen LogP contribution in [-0.4, -0.2) is 47.8 Å². The number of amides is 2. The summed E-state index contributed by atoms with van der Waals surface area (Å²) in [6, 6.07) is 16.7. The quantitative estimate of drug-likeness (QED) is 0.429. The van der Waals surface area contributed by atoms with Crippen molar-refractivity contribution in [1.29, 1.82) is 0 Å². The van der Waals surface area contributed by atoms with E-state index in [-0.39, 0.29) is 29.0 Å². The predicted octanol–water partition coefficient (Wildman–Crippen LogP) is 4.41. The summed E-state index contributed by atoms with van der Waals surface area (Å²) in [5.74, 6) is -0.0416. The lowest BCUT2D eigenvalue weighted by molar-refractivity contribution is -0.384. The molecule has 4 rings (SSSR count). The van der Waals surface area contributed by atoms with Crippen LogP contribution in [0.1, 0.15) is 24.4 Å². The number of furan rings is 1. The Morgan fingerprint density at radius 1 is 0.971 bits per heavy atom. The zero-order valence-electron chi connectivity index (χ0n) is 19.1. The number of carbonyl (C=O) groups is 2. The second-order valence-electron chi connectivity index (χ2n) is 8.38. The fourth-order valence-electron chi connectivity index (χ4n) is 4.02. The Bertz CT molecular complexity index is 1210. The number of hydrogen-bond acceptors (Lipinski definition) is 6. The molecule has 2 aromatic carbocycles. The number of rotatable bonds is 6. The van der Waals surface area contributed by atoms with Crippen molar-refractivity contribution >= 4 is 28.9 Å². The molecule has 1 aliphatic heterocycles. The van der Waals surface area contributed by atoms with E-state index in [0.29, 0.717) is 37.4 Å². The van der Waals surface area contributed by atoms with Crippen LogP contribution in [0.3, 0.4) is 0 Å². The van der Waals surface area contributed by atoms with E-state index < -0.39 is 10.8 Å². The van der Waals surface area contributed by atoms with E-state index >= 15 is 0 Å². The van der Waals surface area contributed by atoms with Gasteiger partial charge in [-0.25, -0.2) is 0 Å². The number of nitro benzene ring substituents is 1.